The average Bonchev–Trinajstić information content (AvgIpc) is 2.93. The summed E-state index contributed by atoms with van der Waals surface area (Å²) in [6, 6.07) is 27.3. The molecule has 3 aromatic rings. The van der Waals surface area contributed by atoms with Crippen LogP contribution in [0, 0.1) is 0 Å². The lowest BCUT2D eigenvalue weighted by Gasteiger charge is -2.33. The molecular formula is C31H35ClN2O2S. The number of thioether (sulfide) groups is 1. The number of carbonyl (C=O) groups is 2. The summed E-state index contributed by atoms with van der Waals surface area (Å²) < 4.78 is 0. The predicted octanol–water partition coefficient (Wildman–Crippen LogP) is 6.66. The van der Waals surface area contributed by atoms with Crippen LogP contribution in [-0.2, 0) is 28.3 Å². The van der Waals surface area contributed by atoms with Gasteiger partial charge in [0.15, 0.2) is 0 Å². The molecule has 0 radical (unpaired) electrons. The van der Waals surface area contributed by atoms with E-state index in [0.717, 1.165) is 42.4 Å². The van der Waals surface area contributed by atoms with Crippen molar-refractivity contribution in [3.05, 3.63) is 107 Å². The van der Waals surface area contributed by atoms with Crippen molar-refractivity contribution in [2.45, 2.75) is 62.9 Å². The summed E-state index contributed by atoms with van der Waals surface area (Å²) in [7, 11) is 0. The fourth-order valence-corrected chi connectivity index (χ4v) is 5.79. The molecule has 1 unspecified atom stereocenters. The highest BCUT2D eigenvalue weighted by atomic mass is 35.5. The molecule has 1 fully saturated rings. The summed E-state index contributed by atoms with van der Waals surface area (Å²) in [4.78, 5) is 29.3. The van der Waals surface area contributed by atoms with Crippen LogP contribution in [0.1, 0.15) is 48.8 Å². The number of benzene rings is 3. The molecule has 0 heterocycles. The standard InChI is InChI=1S/C31H35ClN2O2S/c32-27-18-16-26(17-19-27)22-37-23-30(35)34(21-25-12-6-2-7-13-25)29(20-24-10-4-1-5-11-24)31(36)33-28-14-8-3-9-15-28/h1-2,4-7,10-13,16-19,28-29H,3,8-9,14-15,20-23H2,(H,33,36). The molecule has 194 valence electrons. The Morgan fingerprint density at radius 1 is 0.838 bits per heavy atom. The maximum absolute atomic E-state index is 13.8. The molecule has 37 heavy (non-hydrogen) atoms. The van der Waals surface area contributed by atoms with E-state index in [-0.39, 0.29) is 17.9 Å². The van der Waals surface area contributed by atoms with Gasteiger partial charge in [-0.25, -0.2) is 0 Å². The minimum atomic E-state index is -0.576. The number of nitrogens with zero attached hydrogens (tertiary/aromatic N) is 1. The Balaban J connectivity index is 1.54. The molecule has 1 N–H and O–H groups in total. The van der Waals surface area contributed by atoms with E-state index in [2.05, 4.69) is 5.32 Å². The highest BCUT2D eigenvalue weighted by molar-refractivity contribution is 7.99. The molecule has 4 nitrogen and oxygen atoms in total. The summed E-state index contributed by atoms with van der Waals surface area (Å²) in [6.07, 6.45) is 6.01. The van der Waals surface area contributed by atoms with E-state index in [0.29, 0.717) is 29.5 Å². The van der Waals surface area contributed by atoms with Crippen molar-refractivity contribution in [2.24, 2.45) is 0 Å². The minimum Gasteiger partial charge on any atom is -0.352 e. The molecule has 3 aromatic carbocycles. The van der Waals surface area contributed by atoms with Gasteiger partial charge in [0.1, 0.15) is 6.04 Å². The summed E-state index contributed by atoms with van der Waals surface area (Å²) in [5, 5.41) is 4.00. The van der Waals surface area contributed by atoms with Crippen LogP contribution in [0.2, 0.25) is 5.02 Å². The first-order chi connectivity index (χ1) is 18.1. The van der Waals surface area contributed by atoms with Crippen LogP contribution < -0.4 is 5.32 Å². The van der Waals surface area contributed by atoms with Gasteiger partial charge in [0.25, 0.3) is 0 Å². The topological polar surface area (TPSA) is 49.4 Å². The van der Waals surface area contributed by atoms with Gasteiger partial charge in [-0.3, -0.25) is 9.59 Å². The van der Waals surface area contributed by atoms with Crippen LogP contribution in [-0.4, -0.2) is 34.6 Å². The monoisotopic (exact) mass is 534 g/mol. The van der Waals surface area contributed by atoms with Crippen molar-refractivity contribution < 1.29 is 9.59 Å². The van der Waals surface area contributed by atoms with Crippen LogP contribution >= 0.6 is 23.4 Å². The SMILES string of the molecule is O=C(NC1CCCCC1)C(Cc1ccccc1)N(Cc1ccccc1)C(=O)CSCc1ccc(Cl)cc1. The third-order valence-corrected chi connectivity index (χ3v) is 8.07. The Labute approximate surface area is 229 Å². The predicted molar refractivity (Wildman–Crippen MR) is 154 cm³/mol. The van der Waals surface area contributed by atoms with Gasteiger partial charge in [-0.15, -0.1) is 11.8 Å². The van der Waals surface area contributed by atoms with E-state index < -0.39 is 6.04 Å². The Morgan fingerprint density at radius 3 is 2.11 bits per heavy atom. The van der Waals surface area contributed by atoms with Gasteiger partial charge in [-0.2, -0.15) is 0 Å². The third-order valence-electron chi connectivity index (χ3n) is 6.83. The summed E-state index contributed by atoms with van der Waals surface area (Å²) in [6.45, 7) is 0.400. The number of rotatable bonds is 11. The van der Waals surface area contributed by atoms with Gasteiger partial charge in [0.05, 0.1) is 5.75 Å². The Hall–Kier alpha value is -2.76. The van der Waals surface area contributed by atoms with E-state index in [1.54, 1.807) is 16.7 Å². The van der Waals surface area contributed by atoms with Crippen molar-refractivity contribution in [3.63, 3.8) is 0 Å². The Morgan fingerprint density at radius 2 is 1.46 bits per heavy atom. The Kier molecular flexibility index (Phi) is 10.5. The Bertz CT molecular complexity index is 1120. The summed E-state index contributed by atoms with van der Waals surface area (Å²) in [5.74, 6) is 0.933. The normalized spacial score (nSPS) is 14.6. The second-order valence-corrected chi connectivity index (χ2v) is 11.1. The fraction of sp³-hybridized carbons (Fsp3) is 0.355. The lowest BCUT2D eigenvalue weighted by Crippen LogP contribution is -2.53. The molecule has 0 aromatic heterocycles. The third kappa shape index (κ3) is 8.65. The molecular weight excluding hydrogens is 500 g/mol. The van der Waals surface area contributed by atoms with Crippen LogP contribution in [0.3, 0.4) is 0 Å². The molecule has 6 heteroatoms. The number of hydrogen-bond donors (Lipinski definition) is 1. The molecule has 1 aliphatic rings. The van der Waals surface area contributed by atoms with Crippen LogP contribution in [0.25, 0.3) is 0 Å². The average molecular weight is 535 g/mol. The number of carbonyl (C=O) groups excluding carboxylic acids is 2. The fourth-order valence-electron chi connectivity index (χ4n) is 4.80. The highest BCUT2D eigenvalue weighted by Crippen LogP contribution is 2.21. The van der Waals surface area contributed by atoms with Gasteiger partial charge in [-0.1, -0.05) is 104 Å². The van der Waals surface area contributed by atoms with E-state index in [4.69, 9.17) is 11.6 Å². The molecule has 4 rings (SSSR count). The first kappa shape index (κ1) is 27.3. The van der Waals surface area contributed by atoms with Gasteiger partial charge >= 0.3 is 0 Å². The molecule has 1 atom stereocenters. The quantitative estimate of drug-likeness (QED) is 0.299. The van der Waals surface area contributed by atoms with Crippen LogP contribution in [0.5, 0.6) is 0 Å². The smallest absolute Gasteiger partial charge is 0.243 e. The van der Waals surface area contributed by atoms with E-state index >= 15 is 0 Å². The lowest BCUT2D eigenvalue weighted by molar-refractivity contribution is -0.139. The summed E-state index contributed by atoms with van der Waals surface area (Å²) in [5.41, 5.74) is 3.18. The van der Waals surface area contributed by atoms with Crippen molar-refractivity contribution in [2.75, 3.05) is 5.75 Å². The molecule has 0 saturated heterocycles. The number of amides is 2. The number of nitrogens with one attached hydrogen (secondary N) is 1. The molecule has 1 aliphatic carbocycles. The zero-order valence-corrected chi connectivity index (χ0v) is 22.7. The molecule has 2 amide bonds. The number of hydrogen-bond acceptors (Lipinski definition) is 3. The maximum Gasteiger partial charge on any atom is 0.243 e. The number of halogens is 1. The maximum atomic E-state index is 13.8. The molecule has 1 saturated carbocycles. The zero-order valence-electron chi connectivity index (χ0n) is 21.2. The van der Waals surface area contributed by atoms with Crippen molar-refractivity contribution in [1.82, 2.24) is 10.2 Å². The van der Waals surface area contributed by atoms with Crippen LogP contribution in [0.4, 0.5) is 0 Å². The highest BCUT2D eigenvalue weighted by Gasteiger charge is 2.31. The van der Waals surface area contributed by atoms with Crippen molar-refractivity contribution >= 4 is 35.2 Å². The largest absolute Gasteiger partial charge is 0.352 e. The van der Waals surface area contributed by atoms with Crippen LogP contribution in [0.15, 0.2) is 84.9 Å². The molecule has 0 aliphatic heterocycles. The second kappa shape index (κ2) is 14.3. The van der Waals surface area contributed by atoms with E-state index in [9.17, 15) is 9.59 Å². The van der Waals surface area contributed by atoms with Crippen molar-refractivity contribution in [3.8, 4) is 0 Å². The molecule has 0 bridgehead atoms. The molecule has 0 spiro atoms. The van der Waals surface area contributed by atoms with Gasteiger partial charge in [-0.05, 0) is 41.7 Å². The van der Waals surface area contributed by atoms with E-state index in [1.807, 2.05) is 84.9 Å². The van der Waals surface area contributed by atoms with Crippen molar-refractivity contribution in [1.29, 1.82) is 0 Å². The zero-order chi connectivity index (χ0) is 25.9. The second-order valence-electron chi connectivity index (χ2n) is 9.68. The first-order valence-electron chi connectivity index (χ1n) is 13.1. The van der Waals surface area contributed by atoms with E-state index in [1.165, 1.54) is 6.42 Å². The first-order valence-corrected chi connectivity index (χ1v) is 14.6. The van der Waals surface area contributed by atoms with Gasteiger partial charge in [0, 0.05) is 29.8 Å². The van der Waals surface area contributed by atoms with Gasteiger partial charge < -0.3 is 10.2 Å². The minimum absolute atomic E-state index is 0.0254. The summed E-state index contributed by atoms with van der Waals surface area (Å²) >= 11 is 7.57. The van der Waals surface area contributed by atoms with Gasteiger partial charge in [0.2, 0.25) is 11.8 Å². The lowest BCUT2D eigenvalue weighted by atomic mass is 9.94.